The Labute approximate surface area is 106 Å². The van der Waals surface area contributed by atoms with E-state index < -0.39 is 0 Å². The summed E-state index contributed by atoms with van der Waals surface area (Å²) in [5.41, 5.74) is 1.95. The van der Waals surface area contributed by atoms with Crippen LogP contribution in [0.2, 0.25) is 0 Å². The fourth-order valence-electron chi connectivity index (χ4n) is 1.57. The standard InChI is InChI=1S/C12H16N4S/c1-8-5-9(2)15-12(14-8)17-7-11(6-13)16-10-3-4-10/h5,10-11,16H,3-4,7H2,1-2H3. The molecule has 1 aliphatic rings. The smallest absolute Gasteiger partial charge is 0.188 e. The van der Waals surface area contributed by atoms with E-state index in [1.807, 2.05) is 19.9 Å². The maximum absolute atomic E-state index is 9.02. The third-order valence-electron chi connectivity index (χ3n) is 2.51. The third kappa shape index (κ3) is 3.99. The Morgan fingerprint density at radius 1 is 1.47 bits per heavy atom. The number of nitrogens with zero attached hydrogens (tertiary/aromatic N) is 3. The minimum Gasteiger partial charge on any atom is -0.298 e. The van der Waals surface area contributed by atoms with Crippen LogP contribution >= 0.6 is 11.8 Å². The molecule has 17 heavy (non-hydrogen) atoms. The summed E-state index contributed by atoms with van der Waals surface area (Å²) in [6, 6.07) is 4.69. The highest BCUT2D eigenvalue weighted by atomic mass is 32.2. The van der Waals surface area contributed by atoms with Crippen LogP contribution in [0.3, 0.4) is 0 Å². The van der Waals surface area contributed by atoms with Crippen molar-refractivity contribution in [2.24, 2.45) is 0 Å². The van der Waals surface area contributed by atoms with Gasteiger partial charge in [0.05, 0.1) is 6.07 Å². The number of nitrogens with one attached hydrogen (secondary N) is 1. The molecule has 1 aliphatic carbocycles. The largest absolute Gasteiger partial charge is 0.298 e. The summed E-state index contributed by atoms with van der Waals surface area (Å²) < 4.78 is 0. The molecule has 0 amide bonds. The molecule has 90 valence electrons. The molecule has 1 saturated carbocycles. The first-order chi connectivity index (χ1) is 8.17. The van der Waals surface area contributed by atoms with Crippen LogP contribution in [0.1, 0.15) is 24.2 Å². The van der Waals surface area contributed by atoms with Gasteiger partial charge in [-0.15, -0.1) is 0 Å². The summed E-state index contributed by atoms with van der Waals surface area (Å²) in [6.07, 6.45) is 2.39. The summed E-state index contributed by atoms with van der Waals surface area (Å²) in [7, 11) is 0. The Morgan fingerprint density at radius 3 is 2.65 bits per heavy atom. The Hall–Kier alpha value is -1.12. The van der Waals surface area contributed by atoms with Crippen molar-refractivity contribution < 1.29 is 0 Å². The molecule has 1 aromatic rings. The van der Waals surface area contributed by atoms with Crippen molar-refractivity contribution in [1.82, 2.24) is 15.3 Å². The molecular formula is C12H16N4S. The number of aryl methyl sites for hydroxylation is 2. The minimum atomic E-state index is -0.100. The molecule has 0 saturated heterocycles. The van der Waals surface area contributed by atoms with Crippen LogP contribution in [-0.2, 0) is 0 Å². The zero-order chi connectivity index (χ0) is 12.3. The molecule has 2 rings (SSSR count). The topological polar surface area (TPSA) is 61.6 Å². The fourth-order valence-corrected chi connectivity index (χ4v) is 2.48. The maximum Gasteiger partial charge on any atom is 0.188 e. The van der Waals surface area contributed by atoms with E-state index >= 15 is 0 Å². The predicted molar refractivity (Wildman–Crippen MR) is 67.8 cm³/mol. The van der Waals surface area contributed by atoms with Crippen molar-refractivity contribution in [2.75, 3.05) is 5.75 Å². The number of nitriles is 1. The first-order valence-corrected chi connectivity index (χ1v) is 6.76. The van der Waals surface area contributed by atoms with Gasteiger partial charge in [0.1, 0.15) is 6.04 Å². The lowest BCUT2D eigenvalue weighted by Gasteiger charge is -2.09. The van der Waals surface area contributed by atoms with Crippen molar-refractivity contribution in [3.63, 3.8) is 0 Å². The molecule has 5 heteroatoms. The highest BCUT2D eigenvalue weighted by Crippen LogP contribution is 2.21. The van der Waals surface area contributed by atoms with Gasteiger partial charge in [-0.1, -0.05) is 11.8 Å². The average molecular weight is 248 g/mol. The Bertz CT molecular complexity index is 416. The summed E-state index contributed by atoms with van der Waals surface area (Å²) in [6.45, 7) is 3.92. The van der Waals surface area contributed by atoms with Gasteiger partial charge in [-0.2, -0.15) is 5.26 Å². The van der Waals surface area contributed by atoms with Gasteiger partial charge in [0.2, 0.25) is 0 Å². The molecule has 0 aliphatic heterocycles. The van der Waals surface area contributed by atoms with Crippen LogP contribution in [0.25, 0.3) is 0 Å². The number of rotatable bonds is 5. The van der Waals surface area contributed by atoms with E-state index in [0.29, 0.717) is 11.8 Å². The van der Waals surface area contributed by atoms with E-state index in [0.717, 1.165) is 16.5 Å². The normalized spacial score (nSPS) is 16.5. The van der Waals surface area contributed by atoms with Crippen LogP contribution in [0.4, 0.5) is 0 Å². The second kappa shape index (κ2) is 5.48. The molecule has 0 radical (unpaired) electrons. The van der Waals surface area contributed by atoms with Gasteiger partial charge in [0.25, 0.3) is 0 Å². The Kier molecular flexibility index (Phi) is 3.97. The van der Waals surface area contributed by atoms with Gasteiger partial charge in [-0.25, -0.2) is 9.97 Å². The van der Waals surface area contributed by atoms with Gasteiger partial charge in [-0.3, -0.25) is 5.32 Å². The molecule has 1 aromatic heterocycles. The first kappa shape index (κ1) is 12.3. The van der Waals surface area contributed by atoms with E-state index in [4.69, 9.17) is 5.26 Å². The molecule has 1 atom stereocenters. The van der Waals surface area contributed by atoms with E-state index in [1.54, 1.807) is 11.8 Å². The second-order valence-electron chi connectivity index (χ2n) is 4.37. The van der Waals surface area contributed by atoms with Gasteiger partial charge >= 0.3 is 0 Å². The van der Waals surface area contributed by atoms with E-state index in [-0.39, 0.29) is 6.04 Å². The third-order valence-corrected chi connectivity index (χ3v) is 3.45. The second-order valence-corrected chi connectivity index (χ2v) is 5.35. The van der Waals surface area contributed by atoms with E-state index in [1.165, 1.54) is 12.8 Å². The summed E-state index contributed by atoms with van der Waals surface area (Å²) in [5.74, 6) is 0.704. The molecule has 4 nitrogen and oxygen atoms in total. The van der Waals surface area contributed by atoms with Crippen LogP contribution in [-0.4, -0.2) is 27.8 Å². The van der Waals surface area contributed by atoms with Crippen LogP contribution in [0, 0.1) is 25.2 Å². The lowest BCUT2D eigenvalue weighted by Crippen LogP contribution is -2.31. The summed E-state index contributed by atoms with van der Waals surface area (Å²) in [5, 5.41) is 13.1. The van der Waals surface area contributed by atoms with Crippen LogP contribution < -0.4 is 5.32 Å². The van der Waals surface area contributed by atoms with Crippen molar-refractivity contribution in [1.29, 1.82) is 5.26 Å². The van der Waals surface area contributed by atoms with Crippen molar-refractivity contribution in [3.05, 3.63) is 17.5 Å². The van der Waals surface area contributed by atoms with Crippen molar-refractivity contribution >= 4 is 11.8 Å². The van der Waals surface area contributed by atoms with Gasteiger partial charge in [-0.05, 0) is 32.8 Å². The lowest BCUT2D eigenvalue weighted by molar-refractivity contribution is 0.643. The zero-order valence-corrected chi connectivity index (χ0v) is 10.9. The molecule has 1 N–H and O–H groups in total. The van der Waals surface area contributed by atoms with E-state index in [2.05, 4.69) is 21.4 Å². The Balaban J connectivity index is 1.89. The van der Waals surface area contributed by atoms with Crippen molar-refractivity contribution in [3.8, 4) is 6.07 Å². The molecule has 1 fully saturated rings. The molecule has 1 unspecified atom stereocenters. The van der Waals surface area contributed by atoms with E-state index in [9.17, 15) is 0 Å². The zero-order valence-electron chi connectivity index (χ0n) is 10.1. The van der Waals surface area contributed by atoms with Crippen LogP contribution in [0.15, 0.2) is 11.2 Å². The summed E-state index contributed by atoms with van der Waals surface area (Å²) in [4.78, 5) is 8.70. The summed E-state index contributed by atoms with van der Waals surface area (Å²) >= 11 is 1.54. The molecule has 0 aromatic carbocycles. The predicted octanol–water partition coefficient (Wildman–Crippen LogP) is 1.83. The lowest BCUT2D eigenvalue weighted by atomic mass is 10.4. The number of hydrogen-bond acceptors (Lipinski definition) is 5. The average Bonchev–Trinajstić information content (AvgIpc) is 3.06. The molecule has 1 heterocycles. The van der Waals surface area contributed by atoms with Crippen LogP contribution in [0.5, 0.6) is 0 Å². The number of aromatic nitrogens is 2. The molecule has 0 bridgehead atoms. The monoisotopic (exact) mass is 248 g/mol. The Morgan fingerprint density at radius 2 is 2.12 bits per heavy atom. The first-order valence-electron chi connectivity index (χ1n) is 5.78. The van der Waals surface area contributed by atoms with Gasteiger partial charge < -0.3 is 0 Å². The minimum absolute atomic E-state index is 0.100. The maximum atomic E-state index is 9.02. The van der Waals surface area contributed by atoms with Crippen molar-refractivity contribution in [2.45, 2.75) is 43.9 Å². The quantitative estimate of drug-likeness (QED) is 0.636. The molecule has 0 spiro atoms. The SMILES string of the molecule is Cc1cc(C)nc(SCC(C#N)NC2CC2)n1. The molecular weight excluding hydrogens is 232 g/mol. The highest BCUT2D eigenvalue weighted by Gasteiger charge is 2.24. The fraction of sp³-hybridized carbons (Fsp3) is 0.583. The number of thioether (sulfide) groups is 1. The van der Waals surface area contributed by atoms with Gasteiger partial charge in [0.15, 0.2) is 5.16 Å². The number of hydrogen-bond donors (Lipinski definition) is 1. The highest BCUT2D eigenvalue weighted by molar-refractivity contribution is 7.99. The van der Waals surface area contributed by atoms with Gasteiger partial charge in [0, 0.05) is 23.2 Å².